The molecule has 4 heteroatoms. The van der Waals surface area contributed by atoms with E-state index in [2.05, 4.69) is 12.2 Å². The maximum absolute atomic E-state index is 11.6. The maximum Gasteiger partial charge on any atom is 0.239 e. The number of likely N-dealkylation sites (N-methyl/N-ethyl adjacent to an activating group) is 1. The van der Waals surface area contributed by atoms with Crippen LogP contribution in [-0.4, -0.2) is 48.7 Å². The van der Waals surface area contributed by atoms with Gasteiger partial charge in [0.2, 0.25) is 5.91 Å². The Morgan fingerprint density at radius 2 is 2.31 bits per heavy atom. The predicted octanol–water partition coefficient (Wildman–Crippen LogP) is 0.605. The third-order valence-electron chi connectivity index (χ3n) is 3.31. The molecule has 94 valence electrons. The molecule has 2 unspecified atom stereocenters. The topological polar surface area (TPSA) is 52.6 Å². The number of nitrogens with one attached hydrogen (secondary N) is 1. The normalized spacial score (nSPS) is 22.8. The molecule has 1 heterocycles. The first-order valence-corrected chi connectivity index (χ1v) is 6.28. The van der Waals surface area contributed by atoms with E-state index in [1.807, 2.05) is 7.05 Å². The quantitative estimate of drug-likeness (QED) is 0.671. The van der Waals surface area contributed by atoms with Crippen LogP contribution in [-0.2, 0) is 4.79 Å². The van der Waals surface area contributed by atoms with Crippen LogP contribution in [0.2, 0.25) is 0 Å². The number of carbonyl (C=O) groups excluding carboxylic acids is 1. The van der Waals surface area contributed by atoms with Crippen LogP contribution in [0.4, 0.5) is 0 Å². The van der Waals surface area contributed by atoms with Gasteiger partial charge in [0.15, 0.2) is 0 Å². The molecule has 0 spiro atoms. The van der Waals surface area contributed by atoms with E-state index in [9.17, 15) is 4.79 Å². The molecule has 1 aliphatic heterocycles. The Kier molecular flexibility index (Phi) is 5.77. The lowest BCUT2D eigenvalue weighted by Gasteiger charge is -2.18. The first-order chi connectivity index (χ1) is 7.69. The lowest BCUT2D eigenvalue weighted by molar-refractivity contribution is -0.128. The summed E-state index contributed by atoms with van der Waals surface area (Å²) in [5, 5.41) is 12.3. The molecule has 0 radical (unpaired) electrons. The number of likely N-dealkylation sites (tertiary alicyclic amines) is 1. The van der Waals surface area contributed by atoms with Crippen molar-refractivity contribution in [3.8, 4) is 0 Å². The highest BCUT2D eigenvalue weighted by atomic mass is 16.3. The molecule has 0 aromatic heterocycles. The summed E-state index contributed by atoms with van der Waals surface area (Å²) in [6.07, 6.45) is 3.99. The van der Waals surface area contributed by atoms with Gasteiger partial charge >= 0.3 is 0 Å². The van der Waals surface area contributed by atoms with Crippen LogP contribution in [0, 0.1) is 5.92 Å². The van der Waals surface area contributed by atoms with E-state index in [4.69, 9.17) is 5.11 Å². The van der Waals surface area contributed by atoms with Crippen molar-refractivity contribution in [3.63, 3.8) is 0 Å². The molecule has 0 aromatic rings. The van der Waals surface area contributed by atoms with Crippen LogP contribution < -0.4 is 5.32 Å². The summed E-state index contributed by atoms with van der Waals surface area (Å²) in [5.41, 5.74) is 0. The summed E-state index contributed by atoms with van der Waals surface area (Å²) in [5.74, 6) is 0.702. The Morgan fingerprint density at radius 3 is 2.81 bits per heavy atom. The lowest BCUT2D eigenvalue weighted by Crippen LogP contribution is -2.39. The van der Waals surface area contributed by atoms with Crippen molar-refractivity contribution in [1.82, 2.24) is 10.2 Å². The van der Waals surface area contributed by atoms with Crippen molar-refractivity contribution < 1.29 is 9.90 Å². The van der Waals surface area contributed by atoms with Gasteiger partial charge < -0.3 is 15.3 Å². The molecule has 1 amide bonds. The molecule has 0 aliphatic carbocycles. The van der Waals surface area contributed by atoms with Gasteiger partial charge in [-0.3, -0.25) is 4.79 Å². The van der Waals surface area contributed by atoms with E-state index >= 15 is 0 Å². The van der Waals surface area contributed by atoms with Crippen LogP contribution in [0.3, 0.4) is 0 Å². The number of hydrogen-bond donors (Lipinski definition) is 2. The second kappa shape index (κ2) is 6.86. The maximum atomic E-state index is 11.6. The fourth-order valence-electron chi connectivity index (χ4n) is 2.26. The zero-order valence-electron chi connectivity index (χ0n) is 10.4. The molecular weight excluding hydrogens is 204 g/mol. The first-order valence-electron chi connectivity index (χ1n) is 6.28. The van der Waals surface area contributed by atoms with Crippen LogP contribution in [0.5, 0.6) is 0 Å². The molecular formula is C12H24N2O2. The van der Waals surface area contributed by atoms with Crippen LogP contribution >= 0.6 is 0 Å². The highest BCUT2D eigenvalue weighted by Gasteiger charge is 2.28. The average Bonchev–Trinajstić information content (AvgIpc) is 2.58. The fraction of sp³-hybridized carbons (Fsp3) is 0.917. The van der Waals surface area contributed by atoms with Crippen molar-refractivity contribution in [2.75, 3.05) is 26.7 Å². The number of aliphatic hydroxyl groups excluding tert-OH is 1. The second-order valence-electron chi connectivity index (χ2n) is 4.68. The van der Waals surface area contributed by atoms with Gasteiger partial charge in [0.25, 0.3) is 0 Å². The van der Waals surface area contributed by atoms with E-state index in [0.29, 0.717) is 5.92 Å². The van der Waals surface area contributed by atoms with Gasteiger partial charge in [0.05, 0.1) is 6.04 Å². The summed E-state index contributed by atoms with van der Waals surface area (Å²) < 4.78 is 0. The minimum atomic E-state index is 0.00282. The largest absolute Gasteiger partial charge is 0.396 e. The van der Waals surface area contributed by atoms with Crippen molar-refractivity contribution in [2.45, 2.75) is 38.6 Å². The number of aliphatic hydroxyl groups is 1. The molecule has 16 heavy (non-hydrogen) atoms. The predicted molar refractivity (Wildman–Crippen MR) is 64.1 cm³/mol. The molecule has 0 saturated carbocycles. The van der Waals surface area contributed by atoms with E-state index in [1.165, 1.54) is 0 Å². The number of rotatable bonds is 7. The molecule has 1 aliphatic rings. The number of carbonyl (C=O) groups is 1. The SMILES string of the molecule is CCCC(CCO)CNC1CCN(C)C1=O. The molecule has 1 saturated heterocycles. The molecule has 1 fully saturated rings. The Balaban J connectivity index is 2.28. The Hall–Kier alpha value is -0.610. The number of amides is 1. The van der Waals surface area contributed by atoms with Crippen molar-refractivity contribution in [2.24, 2.45) is 5.92 Å². The van der Waals surface area contributed by atoms with Crippen molar-refractivity contribution >= 4 is 5.91 Å². The Bertz CT molecular complexity index is 215. The summed E-state index contributed by atoms with van der Waals surface area (Å²) in [7, 11) is 1.85. The van der Waals surface area contributed by atoms with Gasteiger partial charge in [-0.1, -0.05) is 13.3 Å². The third kappa shape index (κ3) is 3.76. The summed E-state index contributed by atoms with van der Waals surface area (Å²) in [6, 6.07) is 0.00282. The van der Waals surface area contributed by atoms with Gasteiger partial charge in [-0.15, -0.1) is 0 Å². The van der Waals surface area contributed by atoms with Gasteiger partial charge in [-0.2, -0.15) is 0 Å². The van der Waals surface area contributed by atoms with E-state index < -0.39 is 0 Å². The molecule has 2 atom stereocenters. The van der Waals surface area contributed by atoms with Gasteiger partial charge in [-0.25, -0.2) is 0 Å². The highest BCUT2D eigenvalue weighted by Crippen LogP contribution is 2.13. The van der Waals surface area contributed by atoms with E-state index in [1.54, 1.807) is 4.90 Å². The average molecular weight is 228 g/mol. The zero-order chi connectivity index (χ0) is 12.0. The fourth-order valence-corrected chi connectivity index (χ4v) is 2.26. The second-order valence-corrected chi connectivity index (χ2v) is 4.68. The molecule has 0 aromatic carbocycles. The summed E-state index contributed by atoms with van der Waals surface area (Å²) in [4.78, 5) is 13.4. The van der Waals surface area contributed by atoms with Crippen LogP contribution in [0.15, 0.2) is 0 Å². The molecule has 2 N–H and O–H groups in total. The first kappa shape index (κ1) is 13.5. The monoisotopic (exact) mass is 228 g/mol. The Morgan fingerprint density at radius 1 is 1.56 bits per heavy atom. The zero-order valence-corrected chi connectivity index (χ0v) is 10.4. The number of nitrogens with zero attached hydrogens (tertiary/aromatic N) is 1. The molecule has 0 bridgehead atoms. The lowest BCUT2D eigenvalue weighted by atomic mass is 10.00. The highest BCUT2D eigenvalue weighted by molar-refractivity contribution is 5.83. The number of hydrogen-bond acceptors (Lipinski definition) is 3. The minimum absolute atomic E-state index is 0.00282. The van der Waals surface area contributed by atoms with Gasteiger partial charge in [-0.05, 0) is 31.7 Å². The van der Waals surface area contributed by atoms with Crippen molar-refractivity contribution in [3.05, 3.63) is 0 Å². The van der Waals surface area contributed by atoms with Gasteiger partial charge in [0.1, 0.15) is 0 Å². The Labute approximate surface area is 98.0 Å². The third-order valence-corrected chi connectivity index (χ3v) is 3.31. The summed E-state index contributed by atoms with van der Waals surface area (Å²) >= 11 is 0. The van der Waals surface area contributed by atoms with Crippen molar-refractivity contribution in [1.29, 1.82) is 0 Å². The minimum Gasteiger partial charge on any atom is -0.396 e. The van der Waals surface area contributed by atoms with Crippen LogP contribution in [0.25, 0.3) is 0 Å². The standard InChI is InChI=1S/C12H24N2O2/c1-3-4-10(6-8-15)9-13-11-5-7-14(2)12(11)16/h10-11,13,15H,3-9H2,1-2H3. The molecule has 4 nitrogen and oxygen atoms in total. The molecule has 1 rings (SSSR count). The van der Waals surface area contributed by atoms with Crippen LogP contribution in [0.1, 0.15) is 32.6 Å². The smallest absolute Gasteiger partial charge is 0.239 e. The van der Waals surface area contributed by atoms with E-state index in [-0.39, 0.29) is 18.6 Å². The summed E-state index contributed by atoms with van der Waals surface area (Å²) in [6.45, 7) is 4.09. The van der Waals surface area contributed by atoms with E-state index in [0.717, 1.165) is 38.8 Å². The van der Waals surface area contributed by atoms with Gasteiger partial charge in [0, 0.05) is 20.2 Å².